The average molecular weight is 278 g/mol. The molecule has 1 nitrogen and oxygen atoms in total. The second kappa shape index (κ2) is 6.25. The Labute approximate surface area is 94.8 Å². The van der Waals surface area contributed by atoms with Gasteiger partial charge >= 0.3 is 0 Å². The maximum absolute atomic E-state index is 5.44. The highest BCUT2D eigenvalue weighted by atomic mass is 35.6. The number of rotatable bonds is 4. The molecule has 0 aliphatic heterocycles. The van der Waals surface area contributed by atoms with Crippen LogP contribution in [0.15, 0.2) is 0 Å². The number of hydrogen-bond acceptors (Lipinski definition) is 2. The van der Waals surface area contributed by atoms with E-state index < -0.39 is 3.12 Å². The SMILES string of the molecule is ClCC(CCl)OSC(Cl)(Cl)Cl. The van der Waals surface area contributed by atoms with E-state index in [1.165, 1.54) is 0 Å². The smallest absolute Gasteiger partial charge is 0.262 e. The average Bonchev–Trinajstić information content (AvgIpc) is 1.88. The van der Waals surface area contributed by atoms with Crippen molar-refractivity contribution < 1.29 is 4.18 Å². The second-order valence-corrected chi connectivity index (χ2v) is 6.10. The molecule has 11 heavy (non-hydrogen) atoms. The summed E-state index contributed by atoms with van der Waals surface area (Å²) in [6.07, 6.45) is -0.293. The Bertz CT molecular complexity index is 101. The van der Waals surface area contributed by atoms with Crippen molar-refractivity contribution in [2.24, 2.45) is 0 Å². The molecule has 0 aliphatic carbocycles. The van der Waals surface area contributed by atoms with Gasteiger partial charge in [0.15, 0.2) is 0 Å². The maximum atomic E-state index is 5.44. The molecule has 0 bridgehead atoms. The van der Waals surface area contributed by atoms with Crippen molar-refractivity contribution in [3.05, 3.63) is 0 Å². The van der Waals surface area contributed by atoms with Crippen molar-refractivity contribution in [2.75, 3.05) is 11.8 Å². The fourth-order valence-electron chi connectivity index (χ4n) is 0.215. The third-order valence-electron chi connectivity index (χ3n) is 0.623. The summed E-state index contributed by atoms with van der Waals surface area (Å²) in [4.78, 5) is 0. The van der Waals surface area contributed by atoms with Crippen LogP contribution in [0, 0.1) is 0 Å². The molecule has 0 N–H and O–H groups in total. The first-order valence-corrected chi connectivity index (χ1v) is 5.47. The summed E-state index contributed by atoms with van der Waals surface area (Å²) in [5, 5.41) is 0. The van der Waals surface area contributed by atoms with Gasteiger partial charge in [0.05, 0.1) is 17.9 Å². The quantitative estimate of drug-likeness (QED) is 0.571. The van der Waals surface area contributed by atoms with Gasteiger partial charge in [0.1, 0.15) is 0 Å². The second-order valence-electron chi connectivity index (χ2n) is 1.56. The van der Waals surface area contributed by atoms with Crippen LogP contribution in [0.25, 0.3) is 0 Å². The van der Waals surface area contributed by atoms with Crippen LogP contribution in [0.4, 0.5) is 0 Å². The fraction of sp³-hybridized carbons (Fsp3) is 1.00. The summed E-state index contributed by atoms with van der Waals surface area (Å²) >= 11 is 27.7. The molecule has 0 aromatic carbocycles. The fourth-order valence-corrected chi connectivity index (χ4v) is 1.53. The molecule has 7 heteroatoms. The predicted molar refractivity (Wildman–Crippen MR) is 54.2 cm³/mol. The Morgan fingerprint density at radius 3 is 1.91 bits per heavy atom. The molecular formula is C4H5Cl5OS. The molecule has 0 radical (unpaired) electrons. The zero-order valence-electron chi connectivity index (χ0n) is 5.20. The Morgan fingerprint density at radius 1 is 1.18 bits per heavy atom. The summed E-state index contributed by atoms with van der Waals surface area (Å²) in [6.45, 7) is 0. The van der Waals surface area contributed by atoms with E-state index in [1.54, 1.807) is 0 Å². The lowest BCUT2D eigenvalue weighted by Crippen LogP contribution is -2.14. The highest BCUT2D eigenvalue weighted by Crippen LogP contribution is 2.40. The predicted octanol–water partition coefficient (Wildman–Crippen LogP) is 3.83. The number of alkyl halides is 5. The van der Waals surface area contributed by atoms with Crippen molar-refractivity contribution in [1.29, 1.82) is 0 Å². The molecule has 0 heterocycles. The molecular weight excluding hydrogens is 273 g/mol. The molecule has 0 spiro atoms. The molecule has 68 valence electrons. The van der Waals surface area contributed by atoms with Crippen LogP contribution in [-0.4, -0.2) is 21.0 Å². The summed E-state index contributed by atoms with van der Waals surface area (Å²) in [5.41, 5.74) is 0. The van der Waals surface area contributed by atoms with Crippen LogP contribution in [0.5, 0.6) is 0 Å². The molecule has 0 rings (SSSR count). The van der Waals surface area contributed by atoms with Gasteiger partial charge in [-0.3, -0.25) is 0 Å². The summed E-state index contributed by atoms with van der Waals surface area (Å²) in [7, 11) is 0. The van der Waals surface area contributed by atoms with Gasteiger partial charge in [-0.05, 0) is 0 Å². The molecule has 0 saturated heterocycles. The van der Waals surface area contributed by atoms with Crippen molar-refractivity contribution in [1.82, 2.24) is 0 Å². The highest BCUT2D eigenvalue weighted by Gasteiger charge is 2.23. The van der Waals surface area contributed by atoms with Gasteiger partial charge in [0.25, 0.3) is 3.12 Å². The van der Waals surface area contributed by atoms with E-state index in [1.807, 2.05) is 0 Å². The van der Waals surface area contributed by atoms with E-state index in [4.69, 9.17) is 62.2 Å². The van der Waals surface area contributed by atoms with Crippen LogP contribution >= 0.6 is 70.0 Å². The molecule has 0 atom stereocenters. The maximum Gasteiger partial charge on any atom is 0.262 e. The van der Waals surface area contributed by atoms with E-state index in [9.17, 15) is 0 Å². The Kier molecular flexibility index (Phi) is 7.25. The third-order valence-corrected chi connectivity index (χ3v) is 2.44. The molecule has 0 aliphatic rings. The Balaban J connectivity index is 3.51. The van der Waals surface area contributed by atoms with Gasteiger partial charge in [-0.2, -0.15) is 0 Å². The van der Waals surface area contributed by atoms with Crippen molar-refractivity contribution >= 4 is 70.0 Å². The van der Waals surface area contributed by atoms with E-state index in [0.717, 1.165) is 12.0 Å². The molecule has 0 amide bonds. The molecule has 0 aromatic rings. The first-order chi connectivity index (χ1) is 4.99. The van der Waals surface area contributed by atoms with Crippen molar-refractivity contribution in [2.45, 2.75) is 9.23 Å². The largest absolute Gasteiger partial charge is 0.305 e. The number of halogens is 5. The van der Waals surface area contributed by atoms with Crippen LogP contribution in [-0.2, 0) is 4.18 Å². The van der Waals surface area contributed by atoms with E-state index in [0.29, 0.717) is 0 Å². The van der Waals surface area contributed by atoms with Gasteiger partial charge in [0, 0.05) is 12.0 Å². The van der Waals surface area contributed by atoms with Gasteiger partial charge in [0.2, 0.25) is 0 Å². The van der Waals surface area contributed by atoms with Gasteiger partial charge in [-0.1, -0.05) is 34.8 Å². The minimum absolute atomic E-state index is 0.275. The summed E-state index contributed by atoms with van der Waals surface area (Å²) in [6, 6.07) is 0. The normalized spacial score (nSPS) is 12.5. The zero-order chi connectivity index (χ0) is 8.91. The summed E-state index contributed by atoms with van der Waals surface area (Å²) < 4.78 is 3.49. The van der Waals surface area contributed by atoms with Gasteiger partial charge in [-0.15, -0.1) is 23.2 Å². The van der Waals surface area contributed by atoms with Crippen molar-refractivity contribution in [3.63, 3.8) is 0 Å². The molecule has 0 fully saturated rings. The van der Waals surface area contributed by atoms with Crippen LogP contribution in [0.1, 0.15) is 0 Å². The van der Waals surface area contributed by atoms with Gasteiger partial charge < -0.3 is 4.18 Å². The van der Waals surface area contributed by atoms with E-state index in [2.05, 4.69) is 0 Å². The Hall–Kier alpha value is 1.76. The topological polar surface area (TPSA) is 9.23 Å². The minimum atomic E-state index is -1.48. The third kappa shape index (κ3) is 8.10. The lowest BCUT2D eigenvalue weighted by Gasteiger charge is -2.14. The molecule has 0 unspecified atom stereocenters. The minimum Gasteiger partial charge on any atom is -0.305 e. The first kappa shape index (κ1) is 12.8. The standard InChI is InChI=1S/C4H5Cl5OS/c5-1-3(2-6)10-11-4(7,8)9/h3H,1-2H2. The highest BCUT2D eigenvalue weighted by molar-refractivity contribution is 8.00. The zero-order valence-corrected chi connectivity index (χ0v) is 9.79. The van der Waals surface area contributed by atoms with Crippen molar-refractivity contribution in [3.8, 4) is 0 Å². The Morgan fingerprint density at radius 2 is 1.64 bits per heavy atom. The van der Waals surface area contributed by atoms with Crippen LogP contribution in [0.2, 0.25) is 0 Å². The first-order valence-electron chi connectivity index (χ1n) is 2.52. The monoisotopic (exact) mass is 276 g/mol. The van der Waals surface area contributed by atoms with E-state index >= 15 is 0 Å². The van der Waals surface area contributed by atoms with Crippen LogP contribution < -0.4 is 0 Å². The van der Waals surface area contributed by atoms with E-state index in [-0.39, 0.29) is 17.9 Å². The van der Waals surface area contributed by atoms with Gasteiger partial charge in [-0.25, -0.2) is 0 Å². The lowest BCUT2D eigenvalue weighted by atomic mass is 10.5. The molecule has 0 aromatic heterocycles. The summed E-state index contributed by atoms with van der Waals surface area (Å²) in [5.74, 6) is 0.550. The number of hydrogen-bond donors (Lipinski definition) is 0. The lowest BCUT2D eigenvalue weighted by molar-refractivity contribution is 0.296. The van der Waals surface area contributed by atoms with Crippen LogP contribution in [0.3, 0.4) is 0 Å². The molecule has 0 saturated carbocycles.